The highest BCUT2D eigenvalue weighted by molar-refractivity contribution is 6.00. The van der Waals surface area contributed by atoms with Gasteiger partial charge in [-0.25, -0.2) is 9.18 Å². The zero-order chi connectivity index (χ0) is 30.4. The SMILES string of the molecule is CC1CC(C2CCN(CC3CCC(OC[C@@H](C)NC(=O)OC(C)(C)C)CC3)CC2)=CC(F)=C1NC1CCC(=O)NC1=O. The van der Waals surface area contributed by atoms with Crippen LogP contribution in [0.5, 0.6) is 0 Å². The topological polar surface area (TPSA) is 109 Å². The molecule has 0 aromatic heterocycles. The number of amides is 3. The van der Waals surface area contributed by atoms with Gasteiger partial charge in [-0.05, 0) is 110 Å². The van der Waals surface area contributed by atoms with Gasteiger partial charge in [0.15, 0.2) is 0 Å². The van der Waals surface area contributed by atoms with Gasteiger partial charge >= 0.3 is 6.09 Å². The second kappa shape index (κ2) is 14.3. The lowest BCUT2D eigenvalue weighted by atomic mass is 9.80. The van der Waals surface area contributed by atoms with E-state index in [4.69, 9.17) is 9.47 Å². The molecule has 2 saturated heterocycles. The summed E-state index contributed by atoms with van der Waals surface area (Å²) < 4.78 is 26.6. The number of halogens is 1. The van der Waals surface area contributed by atoms with Crippen molar-refractivity contribution in [3.05, 3.63) is 23.2 Å². The van der Waals surface area contributed by atoms with Crippen molar-refractivity contribution >= 4 is 17.9 Å². The van der Waals surface area contributed by atoms with E-state index in [0.29, 0.717) is 30.6 Å². The molecule has 3 fully saturated rings. The molecule has 10 heteroatoms. The van der Waals surface area contributed by atoms with E-state index in [9.17, 15) is 14.4 Å². The van der Waals surface area contributed by atoms with Gasteiger partial charge in [-0.2, -0.15) is 0 Å². The zero-order valence-electron chi connectivity index (χ0n) is 26.1. The number of imide groups is 1. The molecule has 3 amide bonds. The Balaban J connectivity index is 1.15. The summed E-state index contributed by atoms with van der Waals surface area (Å²) in [5.41, 5.74) is 1.16. The molecule has 9 nitrogen and oxygen atoms in total. The maximum atomic E-state index is 15.2. The fraction of sp³-hybridized carbons (Fsp3) is 0.781. The van der Waals surface area contributed by atoms with Crippen molar-refractivity contribution in [1.82, 2.24) is 20.9 Å². The number of alkyl carbamates (subject to hydrolysis) is 1. The third-order valence-corrected chi connectivity index (χ3v) is 8.94. The third kappa shape index (κ3) is 9.53. The summed E-state index contributed by atoms with van der Waals surface area (Å²) >= 11 is 0. The number of carbonyl (C=O) groups is 3. The minimum Gasteiger partial charge on any atom is -0.444 e. The number of rotatable bonds is 9. The average molecular weight is 591 g/mol. The standard InChI is InChI=1S/C32H51FN4O5/c1-20-16-24(17-26(33)29(20)35-27-10-11-28(38)36-30(27)39)23-12-14-37(15-13-23)18-22-6-8-25(9-7-22)41-19-21(2)34-31(40)42-32(3,4)5/h17,20-23,25,27,35H,6-16,18-19H2,1-5H3,(H,34,40)(H,36,38,39)/t20?,21-,22?,25?,27?/m1/s1. The van der Waals surface area contributed by atoms with Crippen molar-refractivity contribution in [2.75, 3.05) is 26.2 Å². The number of carbonyl (C=O) groups excluding carboxylic acids is 3. The Labute approximate surface area is 250 Å². The quantitative estimate of drug-likeness (QED) is 0.333. The second-order valence-corrected chi connectivity index (χ2v) is 13.8. The minimum absolute atomic E-state index is 0.0260. The van der Waals surface area contributed by atoms with Crippen molar-refractivity contribution in [2.24, 2.45) is 17.8 Å². The number of nitrogens with zero attached hydrogens (tertiary/aromatic N) is 1. The van der Waals surface area contributed by atoms with Crippen LogP contribution in [0.2, 0.25) is 0 Å². The number of ether oxygens (including phenoxy) is 2. The molecule has 0 aromatic carbocycles. The van der Waals surface area contributed by atoms with E-state index in [1.54, 1.807) is 6.08 Å². The monoisotopic (exact) mass is 590 g/mol. The highest BCUT2D eigenvalue weighted by Gasteiger charge is 2.33. The van der Waals surface area contributed by atoms with Crippen LogP contribution < -0.4 is 16.0 Å². The Morgan fingerprint density at radius 3 is 2.43 bits per heavy atom. The number of hydrogen-bond acceptors (Lipinski definition) is 7. The Bertz CT molecular complexity index is 1040. The molecule has 2 aliphatic heterocycles. The second-order valence-electron chi connectivity index (χ2n) is 13.8. The fourth-order valence-electron chi connectivity index (χ4n) is 6.67. The lowest BCUT2D eigenvalue weighted by molar-refractivity contribution is -0.134. The van der Waals surface area contributed by atoms with Gasteiger partial charge in [0, 0.05) is 18.9 Å². The van der Waals surface area contributed by atoms with Gasteiger partial charge < -0.3 is 25.0 Å². The largest absolute Gasteiger partial charge is 0.444 e. The van der Waals surface area contributed by atoms with Crippen LogP contribution >= 0.6 is 0 Å². The van der Waals surface area contributed by atoms with E-state index in [1.165, 1.54) is 5.57 Å². The molecule has 3 atom stereocenters. The summed E-state index contributed by atoms with van der Waals surface area (Å²) in [4.78, 5) is 38.1. The molecule has 0 spiro atoms. The minimum atomic E-state index is -0.560. The van der Waals surface area contributed by atoms with E-state index < -0.39 is 17.7 Å². The molecule has 0 radical (unpaired) electrons. The zero-order valence-corrected chi connectivity index (χ0v) is 26.1. The lowest BCUT2D eigenvalue weighted by Gasteiger charge is -2.38. The van der Waals surface area contributed by atoms with Crippen LogP contribution in [0, 0.1) is 17.8 Å². The average Bonchev–Trinajstić information content (AvgIpc) is 2.90. The molecule has 4 rings (SSSR count). The summed E-state index contributed by atoms with van der Waals surface area (Å²) in [7, 11) is 0. The van der Waals surface area contributed by atoms with Crippen LogP contribution in [0.1, 0.15) is 92.4 Å². The van der Waals surface area contributed by atoms with E-state index in [2.05, 4.69) is 20.9 Å². The summed E-state index contributed by atoms with van der Waals surface area (Å²) in [5.74, 6) is 0.132. The highest BCUT2D eigenvalue weighted by Crippen LogP contribution is 2.37. The van der Waals surface area contributed by atoms with Crippen LogP contribution in [0.4, 0.5) is 9.18 Å². The van der Waals surface area contributed by atoms with Gasteiger partial charge in [-0.15, -0.1) is 0 Å². The Hall–Kier alpha value is -2.46. The molecule has 2 aliphatic carbocycles. The molecule has 0 bridgehead atoms. The van der Waals surface area contributed by atoms with Gasteiger partial charge in [-0.1, -0.05) is 12.5 Å². The van der Waals surface area contributed by atoms with Crippen LogP contribution in [0.3, 0.4) is 0 Å². The van der Waals surface area contributed by atoms with Crippen molar-refractivity contribution < 1.29 is 28.2 Å². The smallest absolute Gasteiger partial charge is 0.407 e. The third-order valence-electron chi connectivity index (χ3n) is 8.94. The molecule has 1 saturated carbocycles. The van der Waals surface area contributed by atoms with E-state index in [-0.39, 0.29) is 42.1 Å². The molecular formula is C32H51FN4O5. The molecular weight excluding hydrogens is 539 g/mol. The summed E-state index contributed by atoms with van der Waals surface area (Å²) in [6.07, 6.45) is 9.48. The summed E-state index contributed by atoms with van der Waals surface area (Å²) in [6, 6.07) is -0.659. The molecule has 42 heavy (non-hydrogen) atoms. The van der Waals surface area contributed by atoms with Crippen LogP contribution in [0.25, 0.3) is 0 Å². The van der Waals surface area contributed by atoms with Crippen molar-refractivity contribution in [2.45, 2.75) is 116 Å². The number of likely N-dealkylation sites (tertiary alicyclic amines) is 1. The summed E-state index contributed by atoms with van der Waals surface area (Å²) in [6.45, 7) is 13.2. The number of hydrogen-bond donors (Lipinski definition) is 3. The molecule has 3 N–H and O–H groups in total. The van der Waals surface area contributed by atoms with Gasteiger partial charge in [0.2, 0.25) is 11.8 Å². The van der Waals surface area contributed by atoms with Gasteiger partial charge in [0.25, 0.3) is 0 Å². The summed E-state index contributed by atoms with van der Waals surface area (Å²) in [5, 5.41) is 8.27. The molecule has 236 valence electrons. The highest BCUT2D eigenvalue weighted by atomic mass is 19.1. The van der Waals surface area contributed by atoms with Crippen molar-refractivity contribution in [3.63, 3.8) is 0 Å². The number of piperidine rings is 2. The number of allylic oxidation sites excluding steroid dienone is 4. The first-order valence-electron chi connectivity index (χ1n) is 15.9. The van der Waals surface area contributed by atoms with Gasteiger partial charge in [-0.3, -0.25) is 14.9 Å². The Morgan fingerprint density at radius 1 is 1.12 bits per heavy atom. The number of nitrogens with one attached hydrogen (secondary N) is 3. The Kier molecular flexibility index (Phi) is 11.1. The molecule has 2 heterocycles. The van der Waals surface area contributed by atoms with Crippen LogP contribution in [0.15, 0.2) is 23.2 Å². The predicted octanol–water partition coefficient (Wildman–Crippen LogP) is 4.73. The maximum absolute atomic E-state index is 15.2. The van der Waals surface area contributed by atoms with Crippen molar-refractivity contribution in [1.29, 1.82) is 0 Å². The Morgan fingerprint density at radius 2 is 1.81 bits per heavy atom. The van der Waals surface area contributed by atoms with Crippen molar-refractivity contribution in [3.8, 4) is 0 Å². The lowest BCUT2D eigenvalue weighted by Crippen LogP contribution is -2.51. The van der Waals surface area contributed by atoms with Gasteiger partial charge in [0.1, 0.15) is 17.5 Å². The fourth-order valence-corrected chi connectivity index (χ4v) is 6.67. The molecule has 4 aliphatic rings. The van der Waals surface area contributed by atoms with E-state index in [1.807, 2.05) is 34.6 Å². The predicted molar refractivity (Wildman–Crippen MR) is 159 cm³/mol. The van der Waals surface area contributed by atoms with Gasteiger partial charge in [0.05, 0.1) is 24.4 Å². The molecule has 2 unspecified atom stereocenters. The molecule has 0 aromatic rings. The van der Waals surface area contributed by atoms with Crippen LogP contribution in [-0.4, -0.2) is 72.8 Å². The first-order chi connectivity index (χ1) is 19.9. The van der Waals surface area contributed by atoms with E-state index in [0.717, 1.165) is 64.6 Å². The maximum Gasteiger partial charge on any atom is 0.407 e. The first kappa shape index (κ1) is 32.5. The van der Waals surface area contributed by atoms with Crippen LogP contribution in [-0.2, 0) is 19.1 Å². The first-order valence-corrected chi connectivity index (χ1v) is 15.9. The van der Waals surface area contributed by atoms with E-state index >= 15 is 4.39 Å². The normalized spacial score (nSPS) is 29.0.